The number of ketones is 1. The molecule has 0 bridgehead atoms. The fraction of sp³-hybridized carbons (Fsp3) is 0.292. The number of Topliss-reactive ketones (excluding diaryl/α,β-unsaturated/α-hetero) is 1. The van der Waals surface area contributed by atoms with Gasteiger partial charge in [0.05, 0.1) is 0 Å². The van der Waals surface area contributed by atoms with Crippen molar-refractivity contribution in [3.8, 4) is 0 Å². The molecular weight excluding hydrogens is 380 g/mol. The van der Waals surface area contributed by atoms with Crippen LogP contribution in [0.15, 0.2) is 48.5 Å². The highest BCUT2D eigenvalue weighted by atomic mass is 16.5. The van der Waals surface area contributed by atoms with Crippen LogP contribution in [0.3, 0.4) is 0 Å². The molecule has 0 aliphatic heterocycles. The highest BCUT2D eigenvalue weighted by Gasteiger charge is 2.18. The fourth-order valence-corrected chi connectivity index (χ4v) is 3.71. The molecule has 0 unspecified atom stereocenters. The van der Waals surface area contributed by atoms with Crippen LogP contribution >= 0.6 is 0 Å². The van der Waals surface area contributed by atoms with E-state index >= 15 is 0 Å². The van der Waals surface area contributed by atoms with Crippen LogP contribution in [0.5, 0.6) is 0 Å². The van der Waals surface area contributed by atoms with Crippen molar-refractivity contribution < 1.29 is 19.1 Å². The Morgan fingerprint density at radius 2 is 1.70 bits per heavy atom. The smallest absolute Gasteiger partial charge is 0.325 e. The summed E-state index contributed by atoms with van der Waals surface area (Å²) in [6.07, 6.45) is 0. The van der Waals surface area contributed by atoms with E-state index in [1.54, 1.807) is 12.1 Å². The summed E-state index contributed by atoms with van der Waals surface area (Å²) in [6.45, 7) is 7.26. The second-order valence-electron chi connectivity index (χ2n) is 7.58. The largest absolute Gasteiger partial charge is 0.456 e. The van der Waals surface area contributed by atoms with Gasteiger partial charge in [-0.3, -0.25) is 14.4 Å². The summed E-state index contributed by atoms with van der Waals surface area (Å²) in [7, 11) is 0. The van der Waals surface area contributed by atoms with E-state index in [0.29, 0.717) is 11.1 Å². The fourth-order valence-electron chi connectivity index (χ4n) is 3.71. The standard InChI is InChI=1S/C24H26N2O4/c1-15(2)26-16(3)11-21(17(26)4)22(27)14-30-23(28)13-25-24(29)20-10-9-18-7-5-6-8-19(18)12-20/h5-12,15H,13-14H2,1-4H3,(H,25,29). The van der Waals surface area contributed by atoms with Crippen molar-refractivity contribution in [3.05, 3.63) is 71.0 Å². The van der Waals surface area contributed by atoms with E-state index in [9.17, 15) is 14.4 Å². The molecule has 156 valence electrons. The van der Waals surface area contributed by atoms with Gasteiger partial charge in [-0.25, -0.2) is 0 Å². The molecule has 1 N–H and O–H groups in total. The van der Waals surface area contributed by atoms with Crippen molar-refractivity contribution in [2.24, 2.45) is 0 Å². The van der Waals surface area contributed by atoms with E-state index in [0.717, 1.165) is 22.2 Å². The predicted molar refractivity (Wildman–Crippen MR) is 116 cm³/mol. The second-order valence-corrected chi connectivity index (χ2v) is 7.58. The molecule has 0 radical (unpaired) electrons. The highest BCUT2D eigenvalue weighted by molar-refractivity contribution is 6.01. The number of nitrogens with one attached hydrogen (secondary N) is 1. The molecule has 0 aliphatic carbocycles. The Morgan fingerprint density at radius 1 is 1.00 bits per heavy atom. The molecule has 0 saturated heterocycles. The third-order valence-electron chi connectivity index (χ3n) is 5.07. The molecule has 3 rings (SSSR count). The Morgan fingerprint density at radius 3 is 2.37 bits per heavy atom. The number of aromatic nitrogens is 1. The highest BCUT2D eigenvalue weighted by Crippen LogP contribution is 2.20. The monoisotopic (exact) mass is 406 g/mol. The second kappa shape index (κ2) is 8.95. The number of rotatable bonds is 7. The summed E-state index contributed by atoms with van der Waals surface area (Å²) >= 11 is 0. The lowest BCUT2D eigenvalue weighted by atomic mass is 10.1. The normalized spacial score (nSPS) is 11.0. The Balaban J connectivity index is 1.54. The molecule has 30 heavy (non-hydrogen) atoms. The van der Waals surface area contributed by atoms with Gasteiger partial charge in [0.1, 0.15) is 6.54 Å². The van der Waals surface area contributed by atoms with Crippen LogP contribution in [-0.4, -0.2) is 35.4 Å². The first-order valence-corrected chi connectivity index (χ1v) is 9.92. The number of hydrogen-bond acceptors (Lipinski definition) is 4. The van der Waals surface area contributed by atoms with E-state index in [4.69, 9.17) is 4.74 Å². The quantitative estimate of drug-likeness (QED) is 0.475. The molecule has 0 fully saturated rings. The van der Waals surface area contributed by atoms with Crippen LogP contribution in [0, 0.1) is 13.8 Å². The Labute approximate surface area is 175 Å². The van der Waals surface area contributed by atoms with Gasteiger partial charge in [-0.05, 0) is 56.7 Å². The van der Waals surface area contributed by atoms with Gasteiger partial charge >= 0.3 is 5.97 Å². The minimum absolute atomic E-state index is 0.236. The van der Waals surface area contributed by atoms with Gasteiger partial charge in [0.2, 0.25) is 5.78 Å². The molecular formula is C24H26N2O4. The number of hydrogen-bond donors (Lipinski definition) is 1. The predicted octanol–water partition coefficient (Wildman–Crippen LogP) is 3.99. The molecule has 3 aromatic rings. The van der Waals surface area contributed by atoms with Gasteiger partial charge < -0.3 is 14.6 Å². The zero-order valence-corrected chi connectivity index (χ0v) is 17.7. The molecule has 1 aromatic heterocycles. The van der Waals surface area contributed by atoms with Crippen LogP contribution in [0.2, 0.25) is 0 Å². The lowest BCUT2D eigenvalue weighted by Crippen LogP contribution is -2.31. The molecule has 6 heteroatoms. The molecule has 2 aromatic carbocycles. The van der Waals surface area contributed by atoms with Crippen molar-refractivity contribution in [1.29, 1.82) is 0 Å². The van der Waals surface area contributed by atoms with E-state index in [1.165, 1.54) is 0 Å². The van der Waals surface area contributed by atoms with Crippen molar-refractivity contribution >= 4 is 28.4 Å². The average Bonchev–Trinajstić information content (AvgIpc) is 3.03. The molecule has 1 amide bonds. The molecule has 1 heterocycles. The zero-order chi connectivity index (χ0) is 21.8. The van der Waals surface area contributed by atoms with Gasteiger partial charge in [-0.1, -0.05) is 30.3 Å². The van der Waals surface area contributed by atoms with Gasteiger partial charge in [0.25, 0.3) is 5.91 Å². The minimum atomic E-state index is -0.657. The van der Waals surface area contributed by atoms with Gasteiger partial charge in [-0.15, -0.1) is 0 Å². The third kappa shape index (κ3) is 4.59. The van der Waals surface area contributed by atoms with Gasteiger partial charge in [0, 0.05) is 28.6 Å². The topological polar surface area (TPSA) is 77.4 Å². The minimum Gasteiger partial charge on any atom is -0.456 e. The summed E-state index contributed by atoms with van der Waals surface area (Å²) in [5, 5.41) is 4.51. The molecule has 0 aliphatic rings. The average molecular weight is 406 g/mol. The molecule has 6 nitrogen and oxygen atoms in total. The summed E-state index contributed by atoms with van der Waals surface area (Å²) < 4.78 is 7.14. The SMILES string of the molecule is Cc1cc(C(=O)COC(=O)CNC(=O)c2ccc3ccccc3c2)c(C)n1C(C)C. The number of fused-ring (bicyclic) bond motifs is 1. The van der Waals surface area contributed by atoms with Crippen molar-refractivity contribution in [2.75, 3.05) is 13.2 Å². The lowest BCUT2D eigenvalue weighted by Gasteiger charge is -2.13. The van der Waals surface area contributed by atoms with E-state index < -0.39 is 5.97 Å². The van der Waals surface area contributed by atoms with Crippen LogP contribution in [0.25, 0.3) is 10.8 Å². The van der Waals surface area contributed by atoms with Gasteiger partial charge in [-0.2, -0.15) is 0 Å². The number of ether oxygens (including phenoxy) is 1. The number of carbonyl (C=O) groups excluding carboxylic acids is 3. The first-order valence-electron chi connectivity index (χ1n) is 9.92. The van der Waals surface area contributed by atoms with Crippen LogP contribution in [0.4, 0.5) is 0 Å². The third-order valence-corrected chi connectivity index (χ3v) is 5.07. The maximum atomic E-state index is 12.5. The number of amides is 1. The molecule has 0 atom stereocenters. The number of esters is 1. The van der Waals surface area contributed by atoms with E-state index in [-0.39, 0.29) is 30.9 Å². The van der Waals surface area contributed by atoms with Crippen molar-refractivity contribution in [2.45, 2.75) is 33.7 Å². The van der Waals surface area contributed by atoms with Crippen LogP contribution in [0.1, 0.15) is 52.0 Å². The maximum Gasteiger partial charge on any atom is 0.325 e. The number of carbonyl (C=O) groups is 3. The Kier molecular flexibility index (Phi) is 6.35. The van der Waals surface area contributed by atoms with E-state index in [2.05, 4.69) is 9.88 Å². The summed E-state index contributed by atoms with van der Waals surface area (Å²) in [5.74, 6) is -1.29. The number of benzene rings is 2. The molecule has 0 saturated carbocycles. The first kappa shape index (κ1) is 21.3. The van der Waals surface area contributed by atoms with Gasteiger partial charge in [0.15, 0.2) is 6.61 Å². The van der Waals surface area contributed by atoms with E-state index in [1.807, 2.05) is 64.1 Å². The van der Waals surface area contributed by atoms with Crippen LogP contribution in [-0.2, 0) is 9.53 Å². The van der Waals surface area contributed by atoms with Crippen LogP contribution < -0.4 is 5.32 Å². The Bertz CT molecular complexity index is 1110. The first-order chi connectivity index (χ1) is 14.3. The summed E-state index contributed by atoms with van der Waals surface area (Å²) in [6, 6.07) is 15.1. The van der Waals surface area contributed by atoms with Crippen molar-refractivity contribution in [3.63, 3.8) is 0 Å². The van der Waals surface area contributed by atoms with Crippen molar-refractivity contribution in [1.82, 2.24) is 9.88 Å². The summed E-state index contributed by atoms with van der Waals surface area (Å²) in [5.41, 5.74) is 2.85. The number of nitrogens with zero attached hydrogens (tertiary/aromatic N) is 1. The number of aryl methyl sites for hydroxylation is 1. The lowest BCUT2D eigenvalue weighted by molar-refractivity contribution is -0.141. The molecule has 0 spiro atoms. The zero-order valence-electron chi connectivity index (χ0n) is 17.7. The Hall–Kier alpha value is -3.41. The maximum absolute atomic E-state index is 12.5. The summed E-state index contributed by atoms with van der Waals surface area (Å²) in [4.78, 5) is 36.8.